The van der Waals surface area contributed by atoms with E-state index in [9.17, 15) is 14.4 Å². The Morgan fingerprint density at radius 1 is 1.08 bits per heavy atom. The van der Waals surface area contributed by atoms with Gasteiger partial charge in [0.15, 0.2) is 0 Å². The summed E-state index contributed by atoms with van der Waals surface area (Å²) in [5.74, 6) is -1.02. The number of halogens is 2. The Bertz CT molecular complexity index is 682. The molecule has 2 saturated heterocycles. The Kier molecular flexibility index (Phi) is 4.80. The minimum absolute atomic E-state index is 0.115. The van der Waals surface area contributed by atoms with E-state index in [2.05, 4.69) is 0 Å². The highest BCUT2D eigenvalue weighted by molar-refractivity contribution is 6.35. The van der Waals surface area contributed by atoms with Gasteiger partial charge in [0.05, 0.1) is 18.2 Å². The maximum Gasteiger partial charge on any atom is 0.251 e. The Labute approximate surface area is 149 Å². The topological polar surface area (TPSA) is 83.7 Å². The number of hydrogen-bond acceptors (Lipinski definition) is 4. The molecule has 6 nitrogen and oxygen atoms in total. The van der Waals surface area contributed by atoms with E-state index in [0.29, 0.717) is 41.7 Å². The van der Waals surface area contributed by atoms with Crippen LogP contribution in [0.2, 0.25) is 10.0 Å². The van der Waals surface area contributed by atoms with Crippen molar-refractivity contribution in [1.29, 1.82) is 0 Å². The molecule has 1 aromatic carbocycles. The molecule has 0 aliphatic carbocycles. The predicted octanol–water partition coefficient (Wildman–Crippen LogP) is 1.82. The molecule has 128 valence electrons. The number of primary amides is 1. The first-order valence-electron chi connectivity index (χ1n) is 7.73. The highest BCUT2D eigenvalue weighted by Crippen LogP contribution is 2.31. The van der Waals surface area contributed by atoms with Crippen LogP contribution in [0, 0.1) is 5.92 Å². The van der Waals surface area contributed by atoms with Crippen molar-refractivity contribution in [2.75, 3.05) is 18.0 Å². The van der Waals surface area contributed by atoms with Crippen LogP contribution < -0.4 is 10.6 Å². The van der Waals surface area contributed by atoms with Crippen LogP contribution in [0.5, 0.6) is 0 Å². The molecule has 2 aliphatic heterocycles. The number of carbonyl (C=O) groups is 3. The monoisotopic (exact) mass is 369 g/mol. The third-order valence-electron chi connectivity index (χ3n) is 4.60. The number of amides is 3. The largest absolute Gasteiger partial charge is 0.369 e. The second-order valence-electron chi connectivity index (χ2n) is 6.13. The number of benzene rings is 1. The number of imide groups is 1. The van der Waals surface area contributed by atoms with Crippen molar-refractivity contribution in [3.05, 3.63) is 28.2 Å². The van der Waals surface area contributed by atoms with Crippen LogP contribution in [0.3, 0.4) is 0 Å². The van der Waals surface area contributed by atoms with Crippen molar-refractivity contribution in [3.63, 3.8) is 0 Å². The average Bonchev–Trinajstić information content (AvgIpc) is 2.81. The summed E-state index contributed by atoms with van der Waals surface area (Å²) >= 11 is 11.9. The molecule has 2 fully saturated rings. The zero-order valence-electron chi connectivity index (χ0n) is 12.9. The van der Waals surface area contributed by atoms with Gasteiger partial charge in [-0.3, -0.25) is 19.3 Å². The summed E-state index contributed by atoms with van der Waals surface area (Å²) < 4.78 is 0. The van der Waals surface area contributed by atoms with Gasteiger partial charge in [0.1, 0.15) is 0 Å². The lowest BCUT2D eigenvalue weighted by molar-refractivity contribution is -0.124. The summed E-state index contributed by atoms with van der Waals surface area (Å²) in [5.41, 5.74) is 5.72. The number of carbonyl (C=O) groups excluding carboxylic acids is 3. The minimum atomic E-state index is -0.510. The van der Waals surface area contributed by atoms with Gasteiger partial charge in [-0.05, 0) is 44.1 Å². The highest BCUT2D eigenvalue weighted by atomic mass is 35.5. The van der Waals surface area contributed by atoms with Crippen LogP contribution in [0.4, 0.5) is 5.69 Å². The van der Waals surface area contributed by atoms with Crippen molar-refractivity contribution in [2.24, 2.45) is 11.7 Å². The van der Waals surface area contributed by atoms with Crippen LogP contribution in [0.1, 0.15) is 19.3 Å². The summed E-state index contributed by atoms with van der Waals surface area (Å²) in [6.07, 6.45) is 1.33. The van der Waals surface area contributed by atoms with E-state index in [1.165, 1.54) is 0 Å². The molecule has 24 heavy (non-hydrogen) atoms. The third kappa shape index (κ3) is 3.27. The summed E-state index contributed by atoms with van der Waals surface area (Å²) in [5, 5.41) is 0.729. The van der Waals surface area contributed by atoms with Crippen molar-refractivity contribution in [1.82, 2.24) is 4.90 Å². The molecule has 3 amide bonds. The number of rotatable bonds is 3. The summed E-state index contributed by atoms with van der Waals surface area (Å²) in [6, 6.07) is 4.13. The standard InChI is InChI=1S/C16H17Cl2N3O3/c17-10-5-11(18)7-12(6-10)21-14(22)8-13(16(21)24)20-3-1-9(2-4-20)15(19)23/h5-7,9,13H,1-4,8H2,(H2,19,23)/t13-/m1/s1. The van der Waals surface area contributed by atoms with E-state index < -0.39 is 6.04 Å². The van der Waals surface area contributed by atoms with Crippen molar-refractivity contribution < 1.29 is 14.4 Å². The molecule has 0 aromatic heterocycles. The van der Waals surface area contributed by atoms with E-state index in [1.54, 1.807) is 18.2 Å². The quantitative estimate of drug-likeness (QED) is 0.823. The molecule has 0 unspecified atom stereocenters. The van der Waals surface area contributed by atoms with Crippen LogP contribution in [-0.2, 0) is 14.4 Å². The van der Waals surface area contributed by atoms with E-state index in [0.717, 1.165) is 4.90 Å². The Balaban J connectivity index is 1.76. The number of hydrogen-bond donors (Lipinski definition) is 1. The number of piperidine rings is 1. The van der Waals surface area contributed by atoms with E-state index in [-0.39, 0.29) is 30.1 Å². The summed E-state index contributed by atoms with van der Waals surface area (Å²) in [7, 11) is 0. The van der Waals surface area contributed by atoms with Crippen LogP contribution in [0.25, 0.3) is 0 Å². The first kappa shape index (κ1) is 17.2. The Morgan fingerprint density at radius 3 is 2.21 bits per heavy atom. The number of anilines is 1. The fourth-order valence-corrected chi connectivity index (χ4v) is 3.85. The fraction of sp³-hybridized carbons (Fsp3) is 0.438. The maximum atomic E-state index is 12.7. The predicted molar refractivity (Wildman–Crippen MR) is 90.9 cm³/mol. The SMILES string of the molecule is NC(=O)C1CCN([C@@H]2CC(=O)N(c3cc(Cl)cc(Cl)c3)C2=O)CC1. The van der Waals surface area contributed by atoms with Crippen LogP contribution in [-0.4, -0.2) is 41.8 Å². The van der Waals surface area contributed by atoms with Crippen LogP contribution in [0.15, 0.2) is 18.2 Å². The van der Waals surface area contributed by atoms with E-state index in [4.69, 9.17) is 28.9 Å². The Hall–Kier alpha value is -1.63. The average molecular weight is 370 g/mol. The van der Waals surface area contributed by atoms with Gasteiger partial charge in [0, 0.05) is 16.0 Å². The minimum Gasteiger partial charge on any atom is -0.369 e. The molecular formula is C16H17Cl2N3O3. The molecule has 8 heteroatoms. The number of nitrogens with zero attached hydrogens (tertiary/aromatic N) is 2. The molecule has 2 N–H and O–H groups in total. The van der Waals surface area contributed by atoms with Crippen molar-refractivity contribution in [3.8, 4) is 0 Å². The molecule has 0 bridgehead atoms. The van der Waals surface area contributed by atoms with Gasteiger partial charge in [-0.2, -0.15) is 0 Å². The van der Waals surface area contributed by atoms with Gasteiger partial charge in [0.25, 0.3) is 5.91 Å². The van der Waals surface area contributed by atoms with Gasteiger partial charge in [-0.1, -0.05) is 23.2 Å². The first-order chi connectivity index (χ1) is 11.4. The fourth-order valence-electron chi connectivity index (χ4n) is 3.34. The first-order valence-corrected chi connectivity index (χ1v) is 8.48. The zero-order chi connectivity index (χ0) is 17.4. The van der Waals surface area contributed by atoms with Crippen molar-refractivity contribution in [2.45, 2.75) is 25.3 Å². The van der Waals surface area contributed by atoms with Gasteiger partial charge < -0.3 is 5.73 Å². The number of nitrogens with two attached hydrogens (primary N) is 1. The van der Waals surface area contributed by atoms with E-state index >= 15 is 0 Å². The Morgan fingerprint density at radius 2 is 1.67 bits per heavy atom. The lowest BCUT2D eigenvalue weighted by atomic mass is 9.95. The van der Waals surface area contributed by atoms with Crippen LogP contribution >= 0.6 is 23.2 Å². The molecule has 2 aliphatic rings. The van der Waals surface area contributed by atoms with E-state index in [1.807, 2.05) is 4.90 Å². The summed E-state index contributed by atoms with van der Waals surface area (Å²) in [4.78, 5) is 39.4. The molecule has 1 aromatic rings. The van der Waals surface area contributed by atoms with Gasteiger partial charge in [-0.15, -0.1) is 0 Å². The maximum absolute atomic E-state index is 12.7. The smallest absolute Gasteiger partial charge is 0.251 e. The second kappa shape index (κ2) is 6.70. The molecular weight excluding hydrogens is 353 g/mol. The molecule has 1 atom stereocenters. The molecule has 0 spiro atoms. The van der Waals surface area contributed by atoms with Crippen molar-refractivity contribution >= 4 is 46.6 Å². The lowest BCUT2D eigenvalue weighted by Crippen LogP contribution is -2.47. The molecule has 3 rings (SSSR count). The van der Waals surface area contributed by atoms with Gasteiger partial charge in [-0.25, -0.2) is 4.90 Å². The van der Waals surface area contributed by atoms with Gasteiger partial charge in [0.2, 0.25) is 11.8 Å². The number of likely N-dealkylation sites (tertiary alicyclic amines) is 1. The molecule has 0 radical (unpaired) electrons. The highest BCUT2D eigenvalue weighted by Gasteiger charge is 2.43. The lowest BCUT2D eigenvalue weighted by Gasteiger charge is -2.33. The zero-order valence-corrected chi connectivity index (χ0v) is 14.4. The summed E-state index contributed by atoms with van der Waals surface area (Å²) in [6.45, 7) is 1.14. The third-order valence-corrected chi connectivity index (χ3v) is 5.04. The molecule has 2 heterocycles. The van der Waals surface area contributed by atoms with Gasteiger partial charge >= 0.3 is 0 Å². The normalized spacial score (nSPS) is 23.1. The molecule has 0 saturated carbocycles. The second-order valence-corrected chi connectivity index (χ2v) is 7.00.